The molecule has 1 unspecified atom stereocenters. The Kier molecular flexibility index (Phi) is 25.7. The van der Waals surface area contributed by atoms with Crippen LogP contribution in [0.1, 0.15) is 142 Å². The van der Waals surface area contributed by atoms with Crippen LogP contribution in [0.4, 0.5) is 0 Å². The molecule has 0 bridgehead atoms. The lowest BCUT2D eigenvalue weighted by Gasteiger charge is -2.31. The minimum Gasteiger partial charge on any atom is -0.375 e. The smallest absolute Gasteiger partial charge is 0.120 e. The summed E-state index contributed by atoms with van der Waals surface area (Å²) in [7, 11) is 0. The average molecular weight is 611 g/mol. The molecule has 1 aromatic heterocycles. The number of unbranched alkanes of at least 4 members (excludes halogenated alkanes) is 3. The van der Waals surface area contributed by atoms with Gasteiger partial charge in [-0.3, -0.25) is 4.98 Å². The van der Waals surface area contributed by atoms with Crippen molar-refractivity contribution in [2.75, 3.05) is 13.1 Å². The van der Waals surface area contributed by atoms with Gasteiger partial charge in [0.25, 0.3) is 0 Å². The number of hydrogen-bond donors (Lipinski definition) is 0. The summed E-state index contributed by atoms with van der Waals surface area (Å²) >= 11 is 6.25. The molecule has 0 fully saturated rings. The van der Waals surface area contributed by atoms with Crippen LogP contribution in [-0.4, -0.2) is 28.9 Å². The summed E-state index contributed by atoms with van der Waals surface area (Å²) in [5.74, 6) is 2.83. The highest BCUT2D eigenvalue weighted by Crippen LogP contribution is 2.31. The Balaban J connectivity index is 0.000000662. The van der Waals surface area contributed by atoms with Gasteiger partial charge in [-0.05, 0) is 85.8 Å². The van der Waals surface area contributed by atoms with E-state index in [1.807, 2.05) is 42.6 Å². The normalized spacial score (nSPS) is 11.0. The van der Waals surface area contributed by atoms with Crippen molar-refractivity contribution in [3.63, 3.8) is 0 Å². The summed E-state index contributed by atoms with van der Waals surface area (Å²) in [6.45, 7) is 22.2. The minimum atomic E-state index is 0.156. The van der Waals surface area contributed by atoms with Crippen LogP contribution >= 0.6 is 11.6 Å². The van der Waals surface area contributed by atoms with Crippen LogP contribution < -0.4 is 0 Å². The highest BCUT2D eigenvalue weighted by atomic mass is 35.5. The summed E-state index contributed by atoms with van der Waals surface area (Å²) in [6, 6.07) is 10.0. The zero-order valence-electron chi connectivity index (χ0n) is 28.8. The van der Waals surface area contributed by atoms with E-state index in [1.54, 1.807) is 6.08 Å². The maximum atomic E-state index is 10.7. The van der Waals surface area contributed by atoms with Gasteiger partial charge in [0.1, 0.15) is 5.94 Å². The van der Waals surface area contributed by atoms with Gasteiger partial charge < -0.3 is 4.90 Å². The molecule has 0 spiro atoms. The van der Waals surface area contributed by atoms with Crippen molar-refractivity contribution in [2.24, 2.45) is 5.92 Å². The molecular formula is C39H63ClN2O. The number of benzene rings is 1. The highest BCUT2D eigenvalue weighted by molar-refractivity contribution is 6.31. The van der Waals surface area contributed by atoms with Gasteiger partial charge in [-0.25, -0.2) is 4.79 Å². The second-order valence-corrected chi connectivity index (χ2v) is 11.8. The van der Waals surface area contributed by atoms with Crippen molar-refractivity contribution >= 4 is 17.5 Å². The summed E-state index contributed by atoms with van der Waals surface area (Å²) < 4.78 is 0. The lowest BCUT2D eigenvalue weighted by atomic mass is 9.89. The first-order valence-electron chi connectivity index (χ1n) is 17.2. The molecule has 0 radical (unpaired) electrons. The van der Waals surface area contributed by atoms with Crippen molar-refractivity contribution in [2.45, 2.75) is 138 Å². The third kappa shape index (κ3) is 17.5. The van der Waals surface area contributed by atoms with Gasteiger partial charge in [-0.15, -0.1) is 0 Å². The Hall–Kier alpha value is -2.35. The molecule has 0 N–H and O–H groups in total. The molecule has 1 aromatic carbocycles. The minimum absolute atomic E-state index is 0.156. The van der Waals surface area contributed by atoms with Crippen LogP contribution in [-0.2, 0) is 17.6 Å². The second-order valence-electron chi connectivity index (χ2n) is 11.4. The van der Waals surface area contributed by atoms with Crippen molar-refractivity contribution in [1.82, 2.24) is 9.88 Å². The Bertz CT molecular complexity index is 970. The van der Waals surface area contributed by atoms with Crippen LogP contribution in [0.2, 0.25) is 5.02 Å². The molecule has 1 atom stereocenters. The van der Waals surface area contributed by atoms with Crippen LogP contribution in [0, 0.1) is 5.92 Å². The zero-order valence-corrected chi connectivity index (χ0v) is 29.5. The molecule has 0 aliphatic heterocycles. The van der Waals surface area contributed by atoms with E-state index in [0.717, 1.165) is 36.3 Å². The number of aryl methyl sites for hydroxylation is 1. The van der Waals surface area contributed by atoms with Crippen LogP contribution in [0.3, 0.4) is 0 Å². The van der Waals surface area contributed by atoms with E-state index in [0.29, 0.717) is 5.92 Å². The molecule has 0 aliphatic rings. The lowest BCUT2D eigenvalue weighted by Crippen LogP contribution is -2.28. The first-order chi connectivity index (χ1) is 20.9. The molecule has 3 nitrogen and oxygen atoms in total. The van der Waals surface area contributed by atoms with Crippen LogP contribution in [0.25, 0.3) is 0 Å². The number of halogens is 1. The van der Waals surface area contributed by atoms with Gasteiger partial charge in [-0.2, -0.15) is 0 Å². The predicted octanol–water partition coefficient (Wildman–Crippen LogP) is 11.8. The van der Waals surface area contributed by atoms with Gasteiger partial charge in [0.15, 0.2) is 0 Å². The van der Waals surface area contributed by atoms with Gasteiger partial charge in [0.2, 0.25) is 0 Å². The van der Waals surface area contributed by atoms with Crippen LogP contribution in [0.5, 0.6) is 0 Å². The van der Waals surface area contributed by atoms with Crippen LogP contribution in [0.15, 0.2) is 61.1 Å². The maximum absolute atomic E-state index is 10.7. The second kappa shape index (κ2) is 27.2. The molecule has 4 heteroatoms. The molecule has 0 amide bonds. The number of pyridine rings is 1. The first kappa shape index (κ1) is 40.6. The number of aromatic nitrogens is 1. The van der Waals surface area contributed by atoms with Gasteiger partial charge in [0.05, 0.1) is 0 Å². The van der Waals surface area contributed by atoms with Crippen molar-refractivity contribution in [3.8, 4) is 0 Å². The topological polar surface area (TPSA) is 33.2 Å². The van der Waals surface area contributed by atoms with Crippen molar-refractivity contribution in [1.29, 1.82) is 0 Å². The van der Waals surface area contributed by atoms with Crippen molar-refractivity contribution in [3.05, 3.63) is 82.8 Å². The Morgan fingerprint density at radius 1 is 0.837 bits per heavy atom. The standard InChI is InChI=1S/C17H23ClO.C15H31N.C7H9N/c1-3-5-6-7-9-14(12-13-19)16-10-8-11-17(18)15(16)4-2;1-6-10-15(11-7-2)14(5)16(12-8-3)13-9-4;1-2-7-3-5-8-6-4-7/h8,10-12,14H,3-7,9H2,1-2H3;15H,5-13H2,1-4H3;3-6H,2H2,1H3. The van der Waals surface area contributed by atoms with E-state index in [9.17, 15) is 4.79 Å². The molecule has 2 aromatic rings. The number of rotatable bonds is 19. The predicted molar refractivity (Wildman–Crippen MR) is 191 cm³/mol. The molecule has 0 saturated carbocycles. The zero-order chi connectivity index (χ0) is 32.3. The van der Waals surface area contributed by atoms with Gasteiger partial charge in [0, 0.05) is 48.2 Å². The van der Waals surface area contributed by atoms with E-state index in [-0.39, 0.29) is 5.92 Å². The molecule has 1 heterocycles. The van der Waals surface area contributed by atoms with Crippen molar-refractivity contribution < 1.29 is 4.79 Å². The summed E-state index contributed by atoms with van der Waals surface area (Å²) in [5, 5.41) is 0.804. The summed E-state index contributed by atoms with van der Waals surface area (Å²) in [5.41, 5.74) is 5.10. The summed E-state index contributed by atoms with van der Waals surface area (Å²) in [6.07, 6.45) is 20.7. The number of allylic oxidation sites excluding steroid dienone is 2. The van der Waals surface area contributed by atoms with Gasteiger partial charge >= 0.3 is 0 Å². The maximum Gasteiger partial charge on any atom is 0.120 e. The Morgan fingerprint density at radius 2 is 1.47 bits per heavy atom. The number of hydrogen-bond acceptors (Lipinski definition) is 3. The van der Waals surface area contributed by atoms with E-state index in [4.69, 9.17) is 11.6 Å². The quantitative estimate of drug-likeness (QED) is 0.117. The Morgan fingerprint density at radius 3 is 1.93 bits per heavy atom. The fourth-order valence-electron chi connectivity index (χ4n) is 5.49. The third-order valence-corrected chi connectivity index (χ3v) is 8.20. The summed E-state index contributed by atoms with van der Waals surface area (Å²) in [4.78, 5) is 17.2. The number of nitrogens with zero attached hydrogens (tertiary/aromatic N) is 2. The first-order valence-corrected chi connectivity index (χ1v) is 17.6. The SMILES string of the molecule is C=C(C(CCC)CCC)N(CCC)CCC.CCCCCCC(C=C=O)c1cccc(Cl)c1CC.CCc1ccncc1. The van der Waals surface area contributed by atoms with E-state index < -0.39 is 0 Å². The molecule has 0 aliphatic carbocycles. The lowest BCUT2D eigenvalue weighted by molar-refractivity contribution is 0.288. The van der Waals surface area contributed by atoms with Gasteiger partial charge in [-0.1, -0.05) is 117 Å². The molecule has 0 saturated heterocycles. The third-order valence-electron chi connectivity index (χ3n) is 7.84. The number of carbonyl (C=O) groups excluding carboxylic acids is 1. The monoisotopic (exact) mass is 610 g/mol. The largest absolute Gasteiger partial charge is 0.375 e. The van der Waals surface area contributed by atoms with E-state index in [2.05, 4.69) is 71.0 Å². The fourth-order valence-corrected chi connectivity index (χ4v) is 5.80. The molecular weight excluding hydrogens is 548 g/mol. The molecule has 2 rings (SSSR count). The van der Waals surface area contributed by atoms with E-state index in [1.165, 1.54) is 87.7 Å². The molecule has 242 valence electrons. The highest BCUT2D eigenvalue weighted by Gasteiger charge is 2.16. The average Bonchev–Trinajstić information content (AvgIpc) is 3.03. The van der Waals surface area contributed by atoms with E-state index >= 15 is 0 Å². The fraction of sp³-hybridized carbons (Fsp3) is 0.615. The Labute approximate surface area is 271 Å². The molecule has 43 heavy (non-hydrogen) atoms.